The molecule has 2 aliphatic heterocycles. The summed E-state index contributed by atoms with van der Waals surface area (Å²) in [6.07, 6.45) is 10.8. The van der Waals surface area contributed by atoms with Gasteiger partial charge in [0.1, 0.15) is 0 Å². The van der Waals surface area contributed by atoms with Crippen LogP contribution >= 0.6 is 0 Å². The van der Waals surface area contributed by atoms with E-state index < -0.39 is 10.8 Å². The molecule has 2 fully saturated rings. The van der Waals surface area contributed by atoms with Crippen LogP contribution in [0.25, 0.3) is 11.6 Å². The smallest absolute Gasteiger partial charge is 0.235 e. The fourth-order valence-electron chi connectivity index (χ4n) is 8.99. The van der Waals surface area contributed by atoms with E-state index >= 15 is 0 Å². The summed E-state index contributed by atoms with van der Waals surface area (Å²) in [7, 11) is 0. The number of unbranched alkanes of at least 4 members (excludes halogenated alkanes) is 1. The van der Waals surface area contributed by atoms with E-state index in [0.29, 0.717) is 12.2 Å². The topological polar surface area (TPSA) is 115 Å². The summed E-state index contributed by atoms with van der Waals surface area (Å²) in [5, 5.41) is 15.9. The van der Waals surface area contributed by atoms with Gasteiger partial charge in [0.25, 0.3) is 0 Å². The average molecular weight is 853 g/mol. The Morgan fingerprint density at radius 3 is 1.60 bits per heavy atom. The maximum Gasteiger partial charge on any atom is 0.235 e. The molecule has 9 heteroatoms. The number of anilines is 2. The van der Waals surface area contributed by atoms with Crippen molar-refractivity contribution in [2.75, 3.05) is 30.8 Å². The molecule has 332 valence electrons. The zero-order chi connectivity index (χ0) is 44.7. The number of aliphatic hydroxyl groups is 1. The number of amides is 2. The first-order valence-electron chi connectivity index (χ1n) is 22.8. The van der Waals surface area contributed by atoms with Crippen molar-refractivity contribution in [2.24, 2.45) is 10.8 Å². The third-order valence-electron chi connectivity index (χ3n) is 13.5. The summed E-state index contributed by atoms with van der Waals surface area (Å²) in [6, 6.07) is 24.1. The van der Waals surface area contributed by atoms with E-state index in [2.05, 4.69) is 96.4 Å². The van der Waals surface area contributed by atoms with E-state index in [1.807, 2.05) is 48.5 Å². The van der Waals surface area contributed by atoms with E-state index in [1.54, 1.807) is 0 Å². The second-order valence-electron chi connectivity index (χ2n) is 19.9. The van der Waals surface area contributed by atoms with Gasteiger partial charge in [-0.15, -0.1) is 0 Å². The van der Waals surface area contributed by atoms with E-state index in [-0.39, 0.29) is 42.8 Å². The Labute approximate surface area is 373 Å². The summed E-state index contributed by atoms with van der Waals surface area (Å²) in [6.45, 7) is 18.4. The Hall–Kier alpha value is -5.54. The van der Waals surface area contributed by atoms with Gasteiger partial charge >= 0.3 is 0 Å². The Morgan fingerprint density at radius 2 is 1.13 bits per heavy atom. The minimum atomic E-state index is -0.500. The monoisotopic (exact) mass is 852 g/mol. The highest BCUT2D eigenvalue weighted by Crippen LogP contribution is 2.53. The van der Waals surface area contributed by atoms with Gasteiger partial charge in [-0.2, -0.15) is 0 Å². The van der Waals surface area contributed by atoms with Crippen molar-refractivity contribution in [1.82, 2.24) is 0 Å². The van der Waals surface area contributed by atoms with Crippen LogP contribution in [0.5, 0.6) is 23.0 Å². The molecule has 0 bridgehead atoms. The lowest BCUT2D eigenvalue weighted by molar-refractivity contribution is -0.119. The zero-order valence-electron chi connectivity index (χ0n) is 38.4. The molecule has 3 N–H and O–H groups in total. The van der Waals surface area contributed by atoms with Crippen LogP contribution in [0.1, 0.15) is 134 Å². The number of carbonyl (C=O) groups excluding carboxylic acids is 2. The molecule has 4 aromatic rings. The molecule has 10 rings (SSSR count). The van der Waals surface area contributed by atoms with Crippen molar-refractivity contribution >= 4 is 34.8 Å². The lowest BCUT2D eigenvalue weighted by Crippen LogP contribution is -2.27. The maximum absolute atomic E-state index is 13.3. The largest absolute Gasteiger partial charge is 0.454 e. The Kier molecular flexibility index (Phi) is 12.0. The van der Waals surface area contributed by atoms with Gasteiger partial charge in [0.2, 0.25) is 25.4 Å². The van der Waals surface area contributed by atoms with Crippen LogP contribution in [0.4, 0.5) is 11.4 Å². The number of hydrogen-bond donors (Lipinski definition) is 3. The summed E-state index contributed by atoms with van der Waals surface area (Å²) < 4.78 is 21.8. The molecule has 0 aromatic heterocycles. The SMILES string of the molecule is CC(C)(C)C1=C(CCO)c2cc(NC(=O)C3(c4ccc5c(c4)OCO5)CC3)ccc2C1.CC(C)(C)C1=Cc2cc(NC(=O)C3(c4ccc5c(c4)OCO5)CC3)ccc2C1.CCCC. The van der Waals surface area contributed by atoms with Gasteiger partial charge < -0.3 is 34.7 Å². The average Bonchev–Trinajstić information content (AvgIpc) is 3.98. The van der Waals surface area contributed by atoms with Crippen LogP contribution in [0.3, 0.4) is 0 Å². The van der Waals surface area contributed by atoms with Crippen LogP contribution in [0, 0.1) is 10.8 Å². The van der Waals surface area contributed by atoms with Gasteiger partial charge in [-0.3, -0.25) is 9.59 Å². The van der Waals surface area contributed by atoms with Crippen LogP contribution in [0.15, 0.2) is 83.9 Å². The van der Waals surface area contributed by atoms with E-state index in [9.17, 15) is 14.7 Å². The molecule has 0 unspecified atom stereocenters. The molecule has 9 nitrogen and oxygen atoms in total. The first-order chi connectivity index (χ1) is 30.1. The van der Waals surface area contributed by atoms with Gasteiger partial charge in [-0.1, -0.05) is 110 Å². The molecular formula is C54H64N2O7. The molecule has 0 spiro atoms. The summed E-state index contributed by atoms with van der Waals surface area (Å²) in [4.78, 5) is 26.4. The van der Waals surface area contributed by atoms with Gasteiger partial charge in [-0.05, 0) is 143 Å². The van der Waals surface area contributed by atoms with Gasteiger partial charge in [0.05, 0.1) is 10.8 Å². The molecule has 0 saturated heterocycles. The van der Waals surface area contributed by atoms with E-state index in [0.717, 1.165) is 83.8 Å². The van der Waals surface area contributed by atoms with Gasteiger partial charge in [-0.25, -0.2) is 0 Å². The molecule has 63 heavy (non-hydrogen) atoms. The predicted molar refractivity (Wildman–Crippen MR) is 251 cm³/mol. The number of carbonyl (C=O) groups is 2. The maximum atomic E-state index is 13.3. The van der Waals surface area contributed by atoms with Gasteiger partial charge in [0.15, 0.2) is 23.0 Å². The highest BCUT2D eigenvalue weighted by atomic mass is 16.7. The quantitative estimate of drug-likeness (QED) is 0.154. The highest BCUT2D eigenvalue weighted by molar-refractivity contribution is 6.03. The van der Waals surface area contributed by atoms with Crippen molar-refractivity contribution in [3.63, 3.8) is 0 Å². The lowest BCUT2D eigenvalue weighted by atomic mass is 9.82. The Balaban J connectivity index is 0.000000160. The first-order valence-corrected chi connectivity index (χ1v) is 22.8. The minimum Gasteiger partial charge on any atom is -0.454 e. The zero-order valence-corrected chi connectivity index (χ0v) is 38.4. The normalized spacial score (nSPS) is 17.6. The molecule has 4 aliphatic carbocycles. The number of allylic oxidation sites excluding steroid dienone is 2. The van der Waals surface area contributed by atoms with Crippen LogP contribution in [-0.4, -0.2) is 37.1 Å². The van der Waals surface area contributed by atoms with Crippen LogP contribution < -0.4 is 29.6 Å². The third-order valence-corrected chi connectivity index (χ3v) is 13.5. The molecule has 2 saturated carbocycles. The molecule has 0 atom stereocenters. The van der Waals surface area contributed by atoms with Gasteiger partial charge in [0, 0.05) is 18.0 Å². The van der Waals surface area contributed by atoms with E-state index in [1.165, 1.54) is 46.3 Å². The fourth-order valence-corrected chi connectivity index (χ4v) is 8.99. The Bertz CT molecular complexity index is 2470. The van der Waals surface area contributed by atoms with Crippen molar-refractivity contribution in [3.05, 3.63) is 117 Å². The molecular weight excluding hydrogens is 789 g/mol. The second kappa shape index (κ2) is 17.2. The number of hydrogen-bond acceptors (Lipinski definition) is 7. The standard InChI is InChI=1S/C26H29NO4.C24H25NO3.C4H10/c1-25(2,3)21-12-16-4-6-18(14-20(16)19(21)8-11-28)27-24(29)26(9-10-26)17-5-7-22-23(13-17)31-15-30-22;1-23(2,3)18-10-15-4-6-19(12-16(15)11-18)25-22(26)24(8-9-24)17-5-7-20-21(13-17)28-14-27-20;1-3-4-2/h4-7,13-14,28H,8-12,15H2,1-3H3,(H,27,29);4-7,11-13H,8-10,14H2,1-3H3,(H,25,26);3-4H2,1-2H3. The van der Waals surface area contributed by atoms with E-state index in [4.69, 9.17) is 18.9 Å². The predicted octanol–water partition coefficient (Wildman–Crippen LogP) is 11.7. The molecule has 6 aliphatic rings. The lowest BCUT2D eigenvalue weighted by Gasteiger charge is -2.22. The number of nitrogens with one attached hydrogen (secondary N) is 2. The molecule has 0 radical (unpaired) electrons. The summed E-state index contributed by atoms with van der Waals surface area (Å²) in [5.74, 6) is 3.00. The first kappa shape index (κ1) is 44.1. The fraction of sp³-hybridized carbons (Fsp3) is 0.444. The third kappa shape index (κ3) is 8.99. The number of benzene rings is 4. The molecule has 4 aromatic carbocycles. The molecule has 2 amide bonds. The van der Waals surface area contributed by atoms with Crippen LogP contribution in [0.2, 0.25) is 0 Å². The minimum absolute atomic E-state index is 0.0213. The summed E-state index contributed by atoms with van der Waals surface area (Å²) in [5.41, 5.74) is 11.9. The number of aliphatic hydroxyl groups excluding tert-OH is 1. The van der Waals surface area contributed by atoms with Crippen molar-refractivity contribution < 1.29 is 33.6 Å². The number of rotatable bonds is 9. The number of fused-ring (bicyclic) bond motifs is 4. The van der Waals surface area contributed by atoms with Crippen molar-refractivity contribution in [2.45, 2.75) is 124 Å². The highest BCUT2D eigenvalue weighted by Gasteiger charge is 2.53. The Morgan fingerprint density at radius 1 is 0.619 bits per heavy atom. The summed E-state index contributed by atoms with van der Waals surface area (Å²) >= 11 is 0. The second-order valence-corrected chi connectivity index (χ2v) is 19.9. The van der Waals surface area contributed by atoms with Crippen molar-refractivity contribution in [3.8, 4) is 23.0 Å². The van der Waals surface area contributed by atoms with Crippen molar-refractivity contribution in [1.29, 1.82) is 0 Å². The molecule has 2 heterocycles. The van der Waals surface area contributed by atoms with Crippen LogP contribution in [-0.2, 0) is 33.3 Å². The number of ether oxygens (including phenoxy) is 4.